The number of amides is 4. The summed E-state index contributed by atoms with van der Waals surface area (Å²) in [6.45, 7) is -0.879. The second kappa shape index (κ2) is 14.0. The highest BCUT2D eigenvalue weighted by Crippen LogP contribution is 2.11. The standard InChI is InChI=1S/C20H29N5O8S/c21-12(9-34)17(29)23-13(5-6-16(22)28)18(30)25-15(8-26)19(31)24-14(20(32)33)7-10-1-3-11(27)4-2-10/h1-4,12-15,26-27,34H,5-9,21H2,(H2,22,28)(H,23,29)(H,24,31)(H,25,30)(H,32,33). The van der Waals surface area contributed by atoms with Crippen molar-refractivity contribution in [2.24, 2.45) is 11.5 Å². The van der Waals surface area contributed by atoms with Gasteiger partial charge in [-0.1, -0.05) is 12.1 Å². The number of thiol groups is 1. The molecule has 0 saturated carbocycles. The summed E-state index contributed by atoms with van der Waals surface area (Å²) in [5.41, 5.74) is 11.2. The Hall–Kier alpha value is -3.36. The van der Waals surface area contributed by atoms with E-state index >= 15 is 0 Å². The summed E-state index contributed by atoms with van der Waals surface area (Å²) in [6, 6.07) is 0.358. The number of benzene rings is 1. The van der Waals surface area contributed by atoms with Crippen molar-refractivity contribution >= 4 is 42.2 Å². The minimum absolute atomic E-state index is 0.0176. The number of phenolic OH excluding ortho intramolecular Hbond substituents is 1. The van der Waals surface area contributed by atoms with E-state index < -0.39 is 60.4 Å². The van der Waals surface area contributed by atoms with Gasteiger partial charge >= 0.3 is 5.97 Å². The highest BCUT2D eigenvalue weighted by Gasteiger charge is 2.30. The zero-order chi connectivity index (χ0) is 25.8. The van der Waals surface area contributed by atoms with Gasteiger partial charge in [0.05, 0.1) is 12.6 Å². The molecule has 188 valence electrons. The molecule has 1 aromatic carbocycles. The molecule has 0 spiro atoms. The van der Waals surface area contributed by atoms with Gasteiger partial charge in [0, 0.05) is 18.6 Å². The highest BCUT2D eigenvalue weighted by molar-refractivity contribution is 7.80. The number of carboxylic acids is 1. The molecule has 1 aromatic rings. The van der Waals surface area contributed by atoms with E-state index in [4.69, 9.17) is 11.5 Å². The molecule has 0 bridgehead atoms. The first kappa shape index (κ1) is 28.7. The number of primary amides is 1. The second-order valence-electron chi connectivity index (χ2n) is 7.37. The zero-order valence-corrected chi connectivity index (χ0v) is 19.0. The molecule has 4 unspecified atom stereocenters. The Kier molecular flexibility index (Phi) is 11.8. The van der Waals surface area contributed by atoms with Crippen LogP contribution in [0.15, 0.2) is 24.3 Å². The fourth-order valence-corrected chi connectivity index (χ4v) is 2.89. The lowest BCUT2D eigenvalue weighted by Gasteiger charge is -2.24. The number of aromatic hydroxyl groups is 1. The van der Waals surface area contributed by atoms with E-state index in [1.165, 1.54) is 24.3 Å². The first-order chi connectivity index (χ1) is 16.0. The van der Waals surface area contributed by atoms with Gasteiger partial charge in [0.15, 0.2) is 0 Å². The van der Waals surface area contributed by atoms with Gasteiger partial charge in [-0.05, 0) is 24.1 Å². The van der Waals surface area contributed by atoms with Crippen molar-refractivity contribution in [3.63, 3.8) is 0 Å². The molecule has 0 aliphatic rings. The fraction of sp³-hybridized carbons (Fsp3) is 0.450. The van der Waals surface area contributed by atoms with Crippen LogP contribution < -0.4 is 27.4 Å². The van der Waals surface area contributed by atoms with Crippen molar-refractivity contribution in [2.45, 2.75) is 43.4 Å². The van der Waals surface area contributed by atoms with Crippen molar-refractivity contribution in [3.8, 4) is 5.75 Å². The van der Waals surface area contributed by atoms with Crippen molar-refractivity contribution in [3.05, 3.63) is 29.8 Å². The molecule has 0 saturated heterocycles. The van der Waals surface area contributed by atoms with Crippen LogP contribution in [0.2, 0.25) is 0 Å². The minimum atomic E-state index is -1.55. The van der Waals surface area contributed by atoms with Gasteiger partial charge in [-0.3, -0.25) is 19.2 Å². The van der Waals surface area contributed by atoms with Crippen LogP contribution in [-0.4, -0.2) is 81.4 Å². The molecular formula is C20H29N5O8S. The third-order valence-corrected chi connectivity index (χ3v) is 5.05. The van der Waals surface area contributed by atoms with Gasteiger partial charge in [-0.15, -0.1) is 0 Å². The average Bonchev–Trinajstić information content (AvgIpc) is 2.79. The number of carbonyl (C=O) groups is 5. The first-order valence-corrected chi connectivity index (χ1v) is 10.8. The summed E-state index contributed by atoms with van der Waals surface area (Å²) in [7, 11) is 0. The van der Waals surface area contributed by atoms with Crippen LogP contribution in [-0.2, 0) is 30.4 Å². The summed E-state index contributed by atoms with van der Waals surface area (Å²) >= 11 is 3.89. The van der Waals surface area contributed by atoms with Crippen molar-refractivity contribution in [1.29, 1.82) is 0 Å². The maximum Gasteiger partial charge on any atom is 0.326 e. The molecule has 0 aliphatic carbocycles. The zero-order valence-electron chi connectivity index (χ0n) is 18.1. The van der Waals surface area contributed by atoms with Gasteiger partial charge in [0.2, 0.25) is 23.6 Å². The third kappa shape index (κ3) is 9.64. The first-order valence-electron chi connectivity index (χ1n) is 10.2. The number of nitrogens with one attached hydrogen (secondary N) is 3. The van der Waals surface area contributed by atoms with Gasteiger partial charge in [-0.2, -0.15) is 12.6 Å². The molecule has 0 heterocycles. The predicted octanol–water partition coefficient (Wildman–Crippen LogP) is -3.01. The van der Waals surface area contributed by atoms with E-state index in [0.717, 1.165) is 0 Å². The van der Waals surface area contributed by atoms with E-state index in [9.17, 15) is 39.3 Å². The highest BCUT2D eigenvalue weighted by atomic mass is 32.1. The van der Waals surface area contributed by atoms with Crippen LogP contribution in [0.3, 0.4) is 0 Å². The van der Waals surface area contributed by atoms with E-state index in [0.29, 0.717) is 5.56 Å². The topological polar surface area (TPSA) is 234 Å². The van der Waals surface area contributed by atoms with Gasteiger partial charge < -0.3 is 42.7 Å². The number of hydrogen-bond donors (Lipinski definition) is 9. The van der Waals surface area contributed by atoms with Crippen LogP contribution in [0.25, 0.3) is 0 Å². The van der Waals surface area contributed by atoms with Gasteiger partial charge in [0.25, 0.3) is 0 Å². The Balaban J connectivity index is 2.89. The monoisotopic (exact) mass is 499 g/mol. The number of carbonyl (C=O) groups excluding carboxylic acids is 4. The Labute approximate surface area is 200 Å². The van der Waals surface area contributed by atoms with Crippen LogP contribution in [0.5, 0.6) is 5.75 Å². The van der Waals surface area contributed by atoms with Crippen molar-refractivity contribution in [2.75, 3.05) is 12.4 Å². The number of aliphatic hydroxyl groups excluding tert-OH is 1. The quantitative estimate of drug-likeness (QED) is 0.118. The number of nitrogens with two attached hydrogens (primary N) is 2. The molecule has 10 N–H and O–H groups in total. The number of carboxylic acid groups (broad SMARTS) is 1. The Morgan fingerprint density at radius 2 is 1.44 bits per heavy atom. The maximum absolute atomic E-state index is 12.6. The lowest BCUT2D eigenvalue weighted by Crippen LogP contribution is -2.58. The summed E-state index contributed by atoms with van der Waals surface area (Å²) in [5.74, 6) is -4.78. The number of phenols is 1. The van der Waals surface area contributed by atoms with Crippen molar-refractivity contribution < 1.29 is 39.3 Å². The van der Waals surface area contributed by atoms with E-state index in [-0.39, 0.29) is 30.8 Å². The maximum atomic E-state index is 12.6. The molecule has 0 aliphatic heterocycles. The summed E-state index contributed by atoms with van der Waals surface area (Å²) < 4.78 is 0. The Morgan fingerprint density at radius 3 is 1.94 bits per heavy atom. The summed E-state index contributed by atoms with van der Waals surface area (Å²) in [5, 5.41) is 35.1. The molecule has 0 aromatic heterocycles. The summed E-state index contributed by atoms with van der Waals surface area (Å²) in [6.07, 6.45) is -0.602. The second-order valence-corrected chi connectivity index (χ2v) is 7.73. The molecule has 13 nitrogen and oxygen atoms in total. The Bertz CT molecular complexity index is 882. The third-order valence-electron chi connectivity index (χ3n) is 4.65. The number of aliphatic carboxylic acids is 1. The largest absolute Gasteiger partial charge is 0.508 e. The van der Waals surface area contributed by atoms with E-state index in [2.05, 4.69) is 28.6 Å². The van der Waals surface area contributed by atoms with Crippen LogP contribution >= 0.6 is 12.6 Å². The van der Waals surface area contributed by atoms with Gasteiger partial charge in [-0.25, -0.2) is 4.79 Å². The molecule has 4 atom stereocenters. The predicted molar refractivity (Wildman–Crippen MR) is 123 cm³/mol. The smallest absolute Gasteiger partial charge is 0.326 e. The molecule has 1 rings (SSSR count). The number of hydrogen-bond acceptors (Lipinski definition) is 9. The normalized spacial score (nSPS) is 14.2. The lowest BCUT2D eigenvalue weighted by molar-refractivity contribution is -0.142. The molecule has 0 fully saturated rings. The summed E-state index contributed by atoms with van der Waals surface area (Å²) in [4.78, 5) is 59.9. The van der Waals surface area contributed by atoms with Crippen molar-refractivity contribution in [1.82, 2.24) is 16.0 Å². The van der Waals surface area contributed by atoms with E-state index in [1.807, 2.05) is 0 Å². The van der Waals surface area contributed by atoms with Crippen LogP contribution in [0.4, 0.5) is 0 Å². The average molecular weight is 500 g/mol. The number of rotatable bonds is 14. The van der Waals surface area contributed by atoms with Crippen LogP contribution in [0.1, 0.15) is 18.4 Å². The van der Waals surface area contributed by atoms with Gasteiger partial charge in [0.1, 0.15) is 23.9 Å². The molecule has 34 heavy (non-hydrogen) atoms. The SMILES string of the molecule is NC(=O)CCC(NC(=O)C(N)CS)C(=O)NC(CO)C(=O)NC(Cc1ccc(O)cc1)C(=O)O. The molecular weight excluding hydrogens is 470 g/mol. The van der Waals surface area contributed by atoms with Crippen LogP contribution in [0, 0.1) is 0 Å². The minimum Gasteiger partial charge on any atom is -0.508 e. The fourth-order valence-electron chi connectivity index (χ4n) is 2.72. The van der Waals surface area contributed by atoms with E-state index in [1.54, 1.807) is 0 Å². The lowest BCUT2D eigenvalue weighted by atomic mass is 10.1. The molecule has 0 radical (unpaired) electrons. The molecule has 14 heteroatoms. The Morgan fingerprint density at radius 1 is 0.912 bits per heavy atom. The molecule has 4 amide bonds. The number of aliphatic hydroxyl groups is 1.